The number of carbonyl (C=O) groups is 2. The molecule has 122 valence electrons. The van der Waals surface area contributed by atoms with Crippen LogP contribution >= 0.6 is 0 Å². The van der Waals surface area contributed by atoms with Crippen molar-refractivity contribution < 1.29 is 23.5 Å². The molecule has 0 saturated carbocycles. The van der Waals surface area contributed by atoms with Gasteiger partial charge in [0.1, 0.15) is 17.3 Å². The highest BCUT2D eigenvalue weighted by molar-refractivity contribution is 5.78. The van der Waals surface area contributed by atoms with Gasteiger partial charge in [0.2, 0.25) is 5.91 Å². The van der Waals surface area contributed by atoms with Crippen LogP contribution in [0.4, 0.5) is 4.39 Å². The molecule has 0 saturated heterocycles. The molecule has 0 aliphatic rings. The van der Waals surface area contributed by atoms with Gasteiger partial charge >= 0.3 is 5.97 Å². The number of carbonyl (C=O) groups excluding carboxylic acids is 1. The third kappa shape index (κ3) is 5.25. The lowest BCUT2D eigenvalue weighted by atomic mass is 10.0. The van der Waals surface area contributed by atoms with Gasteiger partial charge in [-0.1, -0.05) is 12.1 Å². The van der Waals surface area contributed by atoms with E-state index in [2.05, 4.69) is 5.32 Å². The van der Waals surface area contributed by atoms with Crippen LogP contribution in [-0.4, -0.2) is 17.0 Å². The summed E-state index contributed by atoms with van der Waals surface area (Å²) < 4.78 is 18.4. The second-order valence-electron chi connectivity index (χ2n) is 5.28. The molecule has 0 spiro atoms. The van der Waals surface area contributed by atoms with Crippen LogP contribution < -0.4 is 5.32 Å². The number of carboxylic acids is 1. The summed E-state index contributed by atoms with van der Waals surface area (Å²) >= 11 is 0. The molecule has 6 heteroatoms. The maximum atomic E-state index is 13.0. The van der Waals surface area contributed by atoms with Crippen molar-refractivity contribution in [1.29, 1.82) is 0 Å². The highest BCUT2D eigenvalue weighted by Crippen LogP contribution is 2.18. The fourth-order valence-electron chi connectivity index (χ4n) is 2.24. The van der Waals surface area contributed by atoms with Gasteiger partial charge in [0.25, 0.3) is 0 Å². The topological polar surface area (TPSA) is 79.5 Å². The van der Waals surface area contributed by atoms with Gasteiger partial charge in [-0.2, -0.15) is 0 Å². The average molecular weight is 319 g/mol. The number of aryl methyl sites for hydroxylation is 2. The van der Waals surface area contributed by atoms with E-state index in [1.807, 2.05) is 13.0 Å². The molecule has 0 aliphatic carbocycles. The third-order valence-electron chi connectivity index (χ3n) is 3.38. The van der Waals surface area contributed by atoms with Crippen molar-refractivity contribution in [2.75, 3.05) is 0 Å². The Morgan fingerprint density at radius 1 is 1.22 bits per heavy atom. The minimum absolute atomic E-state index is 0.185. The molecule has 2 rings (SSSR count). The van der Waals surface area contributed by atoms with E-state index in [1.165, 1.54) is 24.3 Å². The van der Waals surface area contributed by atoms with Crippen LogP contribution in [0.15, 0.2) is 40.8 Å². The second-order valence-corrected chi connectivity index (χ2v) is 5.28. The molecule has 1 aromatic carbocycles. The molecule has 23 heavy (non-hydrogen) atoms. The predicted molar refractivity (Wildman–Crippen MR) is 81.3 cm³/mol. The summed E-state index contributed by atoms with van der Waals surface area (Å²) in [4.78, 5) is 23.0. The number of benzene rings is 1. The summed E-state index contributed by atoms with van der Waals surface area (Å²) in [6, 6.07) is 8.34. The fourth-order valence-corrected chi connectivity index (χ4v) is 2.24. The first-order valence-electron chi connectivity index (χ1n) is 7.26. The highest BCUT2D eigenvalue weighted by atomic mass is 19.1. The van der Waals surface area contributed by atoms with Gasteiger partial charge in [0.05, 0.1) is 12.5 Å². The number of hydrogen-bond acceptors (Lipinski definition) is 3. The zero-order valence-corrected chi connectivity index (χ0v) is 12.7. The average Bonchev–Trinajstić information content (AvgIpc) is 2.90. The van der Waals surface area contributed by atoms with Gasteiger partial charge in [0.15, 0.2) is 0 Å². The quantitative estimate of drug-likeness (QED) is 0.822. The molecule has 1 amide bonds. The van der Waals surface area contributed by atoms with Gasteiger partial charge < -0.3 is 14.8 Å². The SMILES string of the molecule is Cc1ccc(CCC(=O)NC(CC(=O)O)c2ccc(F)cc2)o1. The van der Waals surface area contributed by atoms with Crippen LogP contribution in [0, 0.1) is 12.7 Å². The van der Waals surface area contributed by atoms with Crippen molar-refractivity contribution in [1.82, 2.24) is 5.32 Å². The van der Waals surface area contributed by atoms with Crippen molar-refractivity contribution in [3.05, 3.63) is 59.3 Å². The summed E-state index contributed by atoms with van der Waals surface area (Å²) in [7, 11) is 0. The molecule has 1 unspecified atom stereocenters. The lowest BCUT2D eigenvalue weighted by Crippen LogP contribution is -2.30. The van der Waals surface area contributed by atoms with Gasteiger partial charge in [0, 0.05) is 12.8 Å². The molecule has 2 aromatic rings. The normalized spacial score (nSPS) is 11.9. The Bertz CT molecular complexity index is 678. The molecule has 0 bridgehead atoms. The molecule has 0 fully saturated rings. The molecule has 2 N–H and O–H groups in total. The number of rotatable bonds is 7. The van der Waals surface area contributed by atoms with Gasteiger partial charge in [-0.3, -0.25) is 9.59 Å². The molecule has 1 heterocycles. The van der Waals surface area contributed by atoms with Crippen LogP contribution in [0.25, 0.3) is 0 Å². The van der Waals surface area contributed by atoms with Crippen molar-refractivity contribution in [3.8, 4) is 0 Å². The predicted octanol–water partition coefficient (Wildman–Crippen LogP) is 2.99. The minimum Gasteiger partial charge on any atom is -0.481 e. The van der Waals surface area contributed by atoms with Crippen molar-refractivity contribution in [2.45, 2.75) is 32.2 Å². The zero-order chi connectivity index (χ0) is 16.8. The second kappa shape index (κ2) is 7.58. The van der Waals surface area contributed by atoms with Crippen molar-refractivity contribution in [3.63, 3.8) is 0 Å². The van der Waals surface area contributed by atoms with Gasteiger partial charge in [-0.05, 0) is 36.8 Å². The largest absolute Gasteiger partial charge is 0.481 e. The summed E-state index contributed by atoms with van der Waals surface area (Å²) in [5.74, 6) is -0.261. The standard InChI is InChI=1S/C17H18FNO4/c1-11-2-7-14(23-11)8-9-16(20)19-15(10-17(21)22)12-3-5-13(18)6-4-12/h2-7,15H,8-10H2,1H3,(H,19,20)(H,21,22). The monoisotopic (exact) mass is 319 g/mol. The first kappa shape index (κ1) is 16.7. The number of carboxylic acid groups (broad SMARTS) is 1. The van der Waals surface area contributed by atoms with E-state index in [-0.39, 0.29) is 18.7 Å². The lowest BCUT2D eigenvalue weighted by molar-refractivity contribution is -0.137. The Morgan fingerprint density at radius 2 is 1.91 bits per heavy atom. The Hall–Kier alpha value is -2.63. The maximum absolute atomic E-state index is 13.0. The van der Waals surface area contributed by atoms with E-state index in [9.17, 15) is 14.0 Å². The zero-order valence-electron chi connectivity index (χ0n) is 12.7. The number of nitrogens with one attached hydrogen (secondary N) is 1. The molecule has 1 aromatic heterocycles. The summed E-state index contributed by atoms with van der Waals surface area (Å²) in [5, 5.41) is 11.7. The molecular weight excluding hydrogens is 301 g/mol. The van der Waals surface area contributed by atoms with Crippen molar-refractivity contribution >= 4 is 11.9 Å². The van der Waals surface area contributed by atoms with Crippen LogP contribution in [0.3, 0.4) is 0 Å². The van der Waals surface area contributed by atoms with Crippen LogP contribution in [-0.2, 0) is 16.0 Å². The van der Waals surface area contributed by atoms with E-state index in [0.29, 0.717) is 17.7 Å². The number of halogens is 1. The minimum atomic E-state index is -1.04. The Labute approximate surface area is 133 Å². The number of aliphatic carboxylic acids is 1. The van der Waals surface area contributed by atoms with Crippen LogP contribution in [0.2, 0.25) is 0 Å². The first-order valence-corrected chi connectivity index (χ1v) is 7.26. The number of amides is 1. The van der Waals surface area contributed by atoms with Gasteiger partial charge in [-0.15, -0.1) is 0 Å². The molecular formula is C17H18FNO4. The van der Waals surface area contributed by atoms with E-state index in [1.54, 1.807) is 6.07 Å². The Kier molecular flexibility index (Phi) is 5.51. The summed E-state index contributed by atoms with van der Waals surface area (Å²) in [6.45, 7) is 1.82. The number of hydrogen-bond donors (Lipinski definition) is 2. The highest BCUT2D eigenvalue weighted by Gasteiger charge is 2.18. The smallest absolute Gasteiger partial charge is 0.305 e. The first-order chi connectivity index (χ1) is 10.9. The van der Waals surface area contributed by atoms with E-state index < -0.39 is 17.8 Å². The van der Waals surface area contributed by atoms with E-state index >= 15 is 0 Å². The summed E-state index contributed by atoms with van der Waals surface area (Å²) in [5.41, 5.74) is 0.552. The molecule has 1 atom stereocenters. The lowest BCUT2D eigenvalue weighted by Gasteiger charge is -2.17. The fraction of sp³-hybridized carbons (Fsp3) is 0.294. The Balaban J connectivity index is 1.97. The Morgan fingerprint density at radius 3 is 2.48 bits per heavy atom. The third-order valence-corrected chi connectivity index (χ3v) is 3.38. The molecule has 5 nitrogen and oxygen atoms in total. The maximum Gasteiger partial charge on any atom is 0.305 e. The van der Waals surface area contributed by atoms with Crippen LogP contribution in [0.5, 0.6) is 0 Å². The summed E-state index contributed by atoms with van der Waals surface area (Å²) in [6.07, 6.45) is 0.352. The van der Waals surface area contributed by atoms with Gasteiger partial charge in [-0.25, -0.2) is 4.39 Å². The van der Waals surface area contributed by atoms with E-state index in [0.717, 1.165) is 5.76 Å². The van der Waals surface area contributed by atoms with Crippen LogP contribution in [0.1, 0.15) is 36.0 Å². The molecule has 0 radical (unpaired) electrons. The van der Waals surface area contributed by atoms with E-state index in [4.69, 9.17) is 9.52 Å². The number of furan rings is 1. The molecule has 0 aliphatic heterocycles. The van der Waals surface area contributed by atoms with Crippen molar-refractivity contribution in [2.24, 2.45) is 0 Å².